The summed E-state index contributed by atoms with van der Waals surface area (Å²) in [5.41, 5.74) is 1.81. The van der Waals surface area contributed by atoms with Crippen LogP contribution in [0.1, 0.15) is 28.5 Å². The first-order valence-corrected chi connectivity index (χ1v) is 5.46. The van der Waals surface area contributed by atoms with Gasteiger partial charge in [-0.15, -0.1) is 0 Å². The molecular formula is C14H12FNO. The van der Waals surface area contributed by atoms with Crippen LogP contribution in [0.15, 0.2) is 42.6 Å². The predicted molar refractivity (Wildman–Crippen MR) is 63.4 cm³/mol. The number of hydrogen-bond acceptors (Lipinski definition) is 2. The molecule has 3 heteroatoms. The summed E-state index contributed by atoms with van der Waals surface area (Å²) in [6.07, 6.45) is 2.34. The van der Waals surface area contributed by atoms with Crippen LogP contribution in [0.25, 0.3) is 0 Å². The van der Waals surface area contributed by atoms with E-state index in [1.165, 1.54) is 24.3 Å². The fourth-order valence-corrected chi connectivity index (χ4v) is 1.67. The molecule has 2 nitrogen and oxygen atoms in total. The summed E-state index contributed by atoms with van der Waals surface area (Å²) in [5.74, 6) is -0.513. The lowest BCUT2D eigenvalue weighted by atomic mass is 10.0. The van der Waals surface area contributed by atoms with Crippen molar-refractivity contribution in [2.45, 2.75) is 13.3 Å². The second-order valence-electron chi connectivity index (χ2n) is 3.70. The Bertz CT molecular complexity index is 534. The first kappa shape index (κ1) is 11.5. The number of aryl methyl sites for hydroxylation is 1. The fourth-order valence-electron chi connectivity index (χ4n) is 1.67. The Hall–Kier alpha value is -2.03. The van der Waals surface area contributed by atoms with E-state index < -0.39 is 0 Å². The van der Waals surface area contributed by atoms with Crippen LogP contribution in [0.5, 0.6) is 0 Å². The zero-order valence-corrected chi connectivity index (χ0v) is 9.48. The van der Waals surface area contributed by atoms with Gasteiger partial charge < -0.3 is 0 Å². The molecule has 1 heterocycles. The highest BCUT2D eigenvalue weighted by Crippen LogP contribution is 2.13. The molecular weight excluding hydrogens is 217 g/mol. The number of carbonyl (C=O) groups is 1. The normalized spacial score (nSPS) is 10.2. The highest BCUT2D eigenvalue weighted by Gasteiger charge is 2.13. The van der Waals surface area contributed by atoms with Crippen molar-refractivity contribution in [3.63, 3.8) is 0 Å². The maximum Gasteiger partial charge on any atom is 0.211 e. The van der Waals surface area contributed by atoms with Crippen molar-refractivity contribution in [3.05, 3.63) is 65.2 Å². The number of rotatable bonds is 3. The highest BCUT2D eigenvalue weighted by atomic mass is 19.1. The molecule has 0 atom stereocenters. The average Bonchev–Trinajstić information content (AvgIpc) is 2.39. The van der Waals surface area contributed by atoms with Crippen LogP contribution in [0.3, 0.4) is 0 Å². The molecule has 0 amide bonds. The van der Waals surface area contributed by atoms with E-state index >= 15 is 0 Å². The largest absolute Gasteiger partial charge is 0.287 e. The van der Waals surface area contributed by atoms with Crippen LogP contribution in [0.4, 0.5) is 4.39 Å². The number of hydrogen-bond donors (Lipinski definition) is 0. The molecule has 0 aliphatic rings. The zero-order chi connectivity index (χ0) is 12.3. The number of ketones is 1. The third kappa shape index (κ3) is 2.38. The van der Waals surface area contributed by atoms with E-state index in [1.807, 2.05) is 13.0 Å². The molecule has 1 aromatic carbocycles. The van der Waals surface area contributed by atoms with Crippen LogP contribution < -0.4 is 0 Å². The Morgan fingerprint density at radius 2 is 1.94 bits per heavy atom. The predicted octanol–water partition coefficient (Wildman–Crippen LogP) is 3.01. The number of aromatic nitrogens is 1. The lowest BCUT2D eigenvalue weighted by Gasteiger charge is -2.05. The standard InChI is InChI=1S/C14H12FNO/c1-2-10-4-3-9-16-13(10)14(17)11-5-7-12(15)8-6-11/h3-9H,2H2,1H3. The molecule has 0 spiro atoms. The summed E-state index contributed by atoms with van der Waals surface area (Å²) in [6, 6.07) is 9.20. The van der Waals surface area contributed by atoms with Gasteiger partial charge in [-0.3, -0.25) is 9.78 Å². The Morgan fingerprint density at radius 3 is 2.59 bits per heavy atom. The first-order valence-electron chi connectivity index (χ1n) is 5.46. The molecule has 17 heavy (non-hydrogen) atoms. The summed E-state index contributed by atoms with van der Waals surface area (Å²) < 4.78 is 12.8. The molecule has 0 aliphatic heterocycles. The van der Waals surface area contributed by atoms with Gasteiger partial charge in [0.1, 0.15) is 11.5 Å². The molecule has 1 aromatic heterocycles. The van der Waals surface area contributed by atoms with Gasteiger partial charge in [0.05, 0.1) is 0 Å². The second-order valence-corrected chi connectivity index (χ2v) is 3.70. The minimum Gasteiger partial charge on any atom is -0.287 e. The van der Waals surface area contributed by atoms with Crippen molar-refractivity contribution >= 4 is 5.78 Å². The summed E-state index contributed by atoms with van der Waals surface area (Å²) in [4.78, 5) is 16.3. The summed E-state index contributed by atoms with van der Waals surface area (Å²) >= 11 is 0. The van der Waals surface area contributed by atoms with Gasteiger partial charge in [0.25, 0.3) is 0 Å². The number of benzene rings is 1. The molecule has 0 bridgehead atoms. The molecule has 0 saturated heterocycles. The van der Waals surface area contributed by atoms with E-state index in [2.05, 4.69) is 4.98 Å². The molecule has 2 aromatic rings. The van der Waals surface area contributed by atoms with E-state index in [9.17, 15) is 9.18 Å². The monoisotopic (exact) mass is 229 g/mol. The van der Waals surface area contributed by atoms with Crippen molar-refractivity contribution in [1.82, 2.24) is 4.98 Å². The van der Waals surface area contributed by atoms with E-state index in [0.29, 0.717) is 11.3 Å². The van der Waals surface area contributed by atoms with Gasteiger partial charge in [-0.1, -0.05) is 13.0 Å². The molecule has 0 saturated carbocycles. The lowest BCUT2D eigenvalue weighted by Crippen LogP contribution is -2.07. The van der Waals surface area contributed by atoms with Crippen molar-refractivity contribution in [3.8, 4) is 0 Å². The molecule has 0 unspecified atom stereocenters. The van der Waals surface area contributed by atoms with Gasteiger partial charge in [0.2, 0.25) is 5.78 Å². The van der Waals surface area contributed by atoms with Crippen LogP contribution in [0, 0.1) is 5.82 Å². The van der Waals surface area contributed by atoms with Crippen LogP contribution in [0.2, 0.25) is 0 Å². The van der Waals surface area contributed by atoms with Crippen molar-refractivity contribution < 1.29 is 9.18 Å². The Balaban J connectivity index is 2.40. The molecule has 86 valence electrons. The maximum atomic E-state index is 12.8. The maximum absolute atomic E-state index is 12.8. The molecule has 0 radical (unpaired) electrons. The Kier molecular flexibility index (Phi) is 3.28. The number of pyridine rings is 1. The van der Waals surface area contributed by atoms with Gasteiger partial charge in [-0.05, 0) is 42.3 Å². The van der Waals surface area contributed by atoms with E-state index in [0.717, 1.165) is 12.0 Å². The van der Waals surface area contributed by atoms with Gasteiger partial charge in [0.15, 0.2) is 0 Å². The van der Waals surface area contributed by atoms with Gasteiger partial charge in [0, 0.05) is 11.8 Å². The van der Waals surface area contributed by atoms with Gasteiger partial charge in [-0.25, -0.2) is 4.39 Å². The van der Waals surface area contributed by atoms with Crippen LogP contribution in [-0.4, -0.2) is 10.8 Å². The minimum atomic E-state index is -0.349. The topological polar surface area (TPSA) is 30.0 Å². The third-order valence-electron chi connectivity index (χ3n) is 2.59. The van der Waals surface area contributed by atoms with Gasteiger partial charge in [-0.2, -0.15) is 0 Å². The summed E-state index contributed by atoms with van der Waals surface area (Å²) in [6.45, 7) is 1.97. The number of halogens is 1. The highest BCUT2D eigenvalue weighted by molar-refractivity contribution is 6.08. The molecule has 0 N–H and O–H groups in total. The fraction of sp³-hybridized carbons (Fsp3) is 0.143. The zero-order valence-electron chi connectivity index (χ0n) is 9.48. The summed E-state index contributed by atoms with van der Waals surface area (Å²) in [5, 5.41) is 0. The number of nitrogens with zero attached hydrogens (tertiary/aromatic N) is 1. The average molecular weight is 229 g/mol. The molecule has 0 fully saturated rings. The SMILES string of the molecule is CCc1cccnc1C(=O)c1ccc(F)cc1. The van der Waals surface area contributed by atoms with Crippen LogP contribution >= 0.6 is 0 Å². The Morgan fingerprint density at radius 1 is 1.24 bits per heavy atom. The van der Waals surface area contributed by atoms with Crippen molar-refractivity contribution in [2.24, 2.45) is 0 Å². The molecule has 2 rings (SSSR count). The first-order chi connectivity index (χ1) is 8.22. The van der Waals surface area contributed by atoms with Gasteiger partial charge >= 0.3 is 0 Å². The molecule has 0 aliphatic carbocycles. The van der Waals surface area contributed by atoms with E-state index in [1.54, 1.807) is 12.3 Å². The van der Waals surface area contributed by atoms with Crippen molar-refractivity contribution in [1.29, 1.82) is 0 Å². The third-order valence-corrected chi connectivity index (χ3v) is 2.59. The van der Waals surface area contributed by atoms with E-state index in [4.69, 9.17) is 0 Å². The van der Waals surface area contributed by atoms with E-state index in [-0.39, 0.29) is 11.6 Å². The lowest BCUT2D eigenvalue weighted by molar-refractivity contribution is 0.103. The minimum absolute atomic E-state index is 0.164. The number of carbonyl (C=O) groups excluding carboxylic acids is 1. The smallest absolute Gasteiger partial charge is 0.211 e. The summed E-state index contributed by atoms with van der Waals surface area (Å²) in [7, 11) is 0. The Labute approximate surface area is 99.1 Å². The van der Waals surface area contributed by atoms with Crippen LogP contribution in [-0.2, 0) is 6.42 Å². The second kappa shape index (κ2) is 4.87. The van der Waals surface area contributed by atoms with Crippen molar-refractivity contribution in [2.75, 3.05) is 0 Å². The quantitative estimate of drug-likeness (QED) is 0.757.